The lowest BCUT2D eigenvalue weighted by atomic mass is 10.1. The third-order valence-electron chi connectivity index (χ3n) is 3.64. The number of unbranched alkanes of at least 4 members (excludes halogenated alkanes) is 1. The number of carbonyl (C=O) groups excluding carboxylic acids is 2. The Bertz CT molecular complexity index is 580. The average Bonchev–Trinajstić information content (AvgIpc) is 2.63. The maximum atomic E-state index is 12.1. The van der Waals surface area contributed by atoms with E-state index in [-0.39, 0.29) is 12.5 Å². The lowest BCUT2D eigenvalue weighted by Gasteiger charge is -2.20. The maximum absolute atomic E-state index is 12.1. The summed E-state index contributed by atoms with van der Waals surface area (Å²) in [5, 5.41) is 0. The molecule has 0 fully saturated rings. The minimum atomic E-state index is -0.685. The third kappa shape index (κ3) is 7.37. The fourth-order valence-electron chi connectivity index (χ4n) is 2.15. The van der Waals surface area contributed by atoms with Gasteiger partial charge in [0.2, 0.25) is 0 Å². The molecule has 1 aromatic heterocycles. The monoisotopic (exact) mass is 366 g/mol. The predicted octanol–water partition coefficient (Wildman–Crippen LogP) is 1.81. The fraction of sp³-hybridized carbons (Fsp3) is 0.611. The quantitative estimate of drug-likeness (QED) is 0.478. The van der Waals surface area contributed by atoms with E-state index in [4.69, 9.17) is 20.9 Å². The number of amides is 1. The second kappa shape index (κ2) is 11.4. The highest BCUT2D eigenvalue weighted by molar-refractivity contribution is 5.86. The van der Waals surface area contributed by atoms with Crippen molar-refractivity contribution in [2.24, 2.45) is 17.4 Å². The van der Waals surface area contributed by atoms with Crippen LogP contribution >= 0.6 is 0 Å². The normalized spacial score (nSPS) is 11.9. The molecule has 0 saturated carbocycles. The molecule has 1 rings (SSSR count). The van der Waals surface area contributed by atoms with E-state index < -0.39 is 18.1 Å². The Balaban J connectivity index is 2.65. The molecule has 0 aliphatic carbocycles. The van der Waals surface area contributed by atoms with Crippen LogP contribution < -0.4 is 16.4 Å². The lowest BCUT2D eigenvalue weighted by molar-refractivity contribution is -0.146. The molecule has 8 heteroatoms. The van der Waals surface area contributed by atoms with Gasteiger partial charge in [-0.05, 0) is 31.4 Å². The summed E-state index contributed by atoms with van der Waals surface area (Å²) in [6.45, 7) is 4.78. The number of esters is 1. The van der Waals surface area contributed by atoms with Crippen molar-refractivity contribution in [1.29, 1.82) is 0 Å². The first-order valence-electron chi connectivity index (χ1n) is 8.83. The van der Waals surface area contributed by atoms with E-state index in [0.717, 1.165) is 12.8 Å². The number of anilines is 1. The summed E-state index contributed by atoms with van der Waals surface area (Å²) in [7, 11) is 1.56. The van der Waals surface area contributed by atoms with Gasteiger partial charge < -0.3 is 20.9 Å². The van der Waals surface area contributed by atoms with Crippen LogP contribution in [0.3, 0.4) is 0 Å². The van der Waals surface area contributed by atoms with Crippen molar-refractivity contribution in [2.75, 3.05) is 25.1 Å². The van der Waals surface area contributed by atoms with Crippen LogP contribution in [0.4, 0.5) is 10.6 Å². The van der Waals surface area contributed by atoms with E-state index >= 15 is 0 Å². The summed E-state index contributed by atoms with van der Waals surface area (Å²) in [5.41, 5.74) is 11.8. The summed E-state index contributed by atoms with van der Waals surface area (Å²) in [6.07, 6.45) is 3.17. The van der Waals surface area contributed by atoms with Gasteiger partial charge in [-0.25, -0.2) is 9.78 Å². The number of aromatic nitrogens is 1. The lowest BCUT2D eigenvalue weighted by Crippen LogP contribution is -2.33. The van der Waals surface area contributed by atoms with Gasteiger partial charge in [0.15, 0.2) is 0 Å². The highest BCUT2D eigenvalue weighted by Crippen LogP contribution is 2.18. The number of pyridine rings is 1. The van der Waals surface area contributed by atoms with E-state index in [1.807, 2.05) is 13.8 Å². The first kappa shape index (κ1) is 21.9. The van der Waals surface area contributed by atoms with Gasteiger partial charge in [-0.15, -0.1) is 0 Å². The predicted molar refractivity (Wildman–Crippen MR) is 99.5 cm³/mol. The molecule has 26 heavy (non-hydrogen) atoms. The second-order valence-electron chi connectivity index (χ2n) is 6.51. The second-order valence-corrected chi connectivity index (χ2v) is 6.51. The molecule has 0 aromatic carbocycles. The van der Waals surface area contributed by atoms with Crippen molar-refractivity contribution in [2.45, 2.75) is 45.8 Å². The topological polar surface area (TPSA) is 121 Å². The number of carbonyl (C=O) groups is 2. The largest absolute Gasteiger partial charge is 0.460 e. The van der Waals surface area contributed by atoms with Gasteiger partial charge in [0, 0.05) is 18.8 Å². The molecule has 0 bridgehead atoms. The highest BCUT2D eigenvalue weighted by Gasteiger charge is 2.20. The van der Waals surface area contributed by atoms with Gasteiger partial charge in [0.1, 0.15) is 18.5 Å². The molecule has 146 valence electrons. The minimum absolute atomic E-state index is 0.0194. The first-order valence-corrected chi connectivity index (χ1v) is 8.83. The van der Waals surface area contributed by atoms with Crippen LogP contribution in [0.1, 0.15) is 38.7 Å². The molecular formula is C18H30N4O4. The van der Waals surface area contributed by atoms with Crippen molar-refractivity contribution in [3.8, 4) is 0 Å². The van der Waals surface area contributed by atoms with Crippen molar-refractivity contribution in [1.82, 2.24) is 4.98 Å². The van der Waals surface area contributed by atoms with E-state index in [1.54, 1.807) is 25.4 Å². The number of nitrogens with zero attached hydrogens (tertiary/aromatic N) is 2. The molecule has 0 aliphatic rings. The Morgan fingerprint density at radius 2 is 2.00 bits per heavy atom. The molecule has 0 radical (unpaired) electrons. The van der Waals surface area contributed by atoms with E-state index in [0.29, 0.717) is 31.0 Å². The summed E-state index contributed by atoms with van der Waals surface area (Å²) < 4.78 is 10.5. The van der Waals surface area contributed by atoms with Gasteiger partial charge in [-0.2, -0.15) is 0 Å². The molecular weight excluding hydrogens is 336 g/mol. The number of rotatable bonds is 10. The van der Waals surface area contributed by atoms with Crippen LogP contribution in [0.2, 0.25) is 0 Å². The van der Waals surface area contributed by atoms with Crippen LogP contribution in [0.15, 0.2) is 18.3 Å². The summed E-state index contributed by atoms with van der Waals surface area (Å²) in [4.78, 5) is 29.6. The Hall–Kier alpha value is -2.19. The molecule has 0 spiro atoms. The Morgan fingerprint density at radius 3 is 2.65 bits per heavy atom. The molecule has 1 amide bonds. The van der Waals surface area contributed by atoms with Gasteiger partial charge in [-0.1, -0.05) is 26.3 Å². The average molecular weight is 366 g/mol. The molecule has 1 aromatic rings. The van der Waals surface area contributed by atoms with Crippen molar-refractivity contribution >= 4 is 17.9 Å². The summed E-state index contributed by atoms with van der Waals surface area (Å²) in [5.74, 6) is 0.130. The highest BCUT2D eigenvalue weighted by atomic mass is 16.6. The van der Waals surface area contributed by atoms with Gasteiger partial charge in [-0.3, -0.25) is 9.69 Å². The molecule has 0 aliphatic heterocycles. The van der Waals surface area contributed by atoms with Crippen LogP contribution in [0, 0.1) is 5.92 Å². The fourth-order valence-corrected chi connectivity index (χ4v) is 2.15. The molecule has 1 atom stereocenters. The van der Waals surface area contributed by atoms with Crippen LogP contribution in [0.25, 0.3) is 0 Å². The number of ether oxygens (including phenoxy) is 2. The molecule has 0 unspecified atom stereocenters. The van der Waals surface area contributed by atoms with E-state index in [1.165, 1.54) is 4.90 Å². The molecule has 8 nitrogen and oxygen atoms in total. The number of nitrogens with two attached hydrogens (primary N) is 2. The zero-order chi connectivity index (χ0) is 19.5. The smallest absolute Gasteiger partial charge is 0.415 e. The minimum Gasteiger partial charge on any atom is -0.460 e. The zero-order valence-electron chi connectivity index (χ0n) is 15.8. The standard InChI is InChI=1S/C18H30N4O4/c1-13(2)11-26-18(24)22(3)16-14(7-6-10-21-16)12-25-17(23)15(20)8-4-5-9-19/h6-7,10,13,15H,4-5,8-9,11-12,19-20H2,1-3H3/t15-/m0/s1. The van der Waals surface area contributed by atoms with Crippen molar-refractivity contribution < 1.29 is 19.1 Å². The van der Waals surface area contributed by atoms with Crippen LogP contribution in [-0.2, 0) is 20.9 Å². The molecule has 1 heterocycles. The van der Waals surface area contributed by atoms with Gasteiger partial charge >= 0.3 is 12.1 Å². The Labute approximate surface area is 154 Å². The maximum Gasteiger partial charge on any atom is 0.415 e. The van der Waals surface area contributed by atoms with E-state index in [2.05, 4.69) is 4.98 Å². The Kier molecular flexibility index (Phi) is 9.61. The SMILES string of the molecule is CC(C)COC(=O)N(C)c1ncccc1COC(=O)[C@@H](N)CCCCN. The zero-order valence-corrected chi connectivity index (χ0v) is 15.8. The van der Waals surface area contributed by atoms with E-state index in [9.17, 15) is 9.59 Å². The van der Waals surface area contributed by atoms with Crippen molar-refractivity contribution in [3.05, 3.63) is 23.9 Å². The Morgan fingerprint density at radius 1 is 1.27 bits per heavy atom. The van der Waals surface area contributed by atoms with Gasteiger partial charge in [0.05, 0.1) is 6.61 Å². The number of hydrogen-bond acceptors (Lipinski definition) is 7. The molecule has 4 N–H and O–H groups in total. The number of hydrogen-bond donors (Lipinski definition) is 2. The summed E-state index contributed by atoms with van der Waals surface area (Å²) >= 11 is 0. The van der Waals surface area contributed by atoms with Crippen LogP contribution in [-0.4, -0.2) is 43.3 Å². The third-order valence-corrected chi connectivity index (χ3v) is 3.64. The van der Waals surface area contributed by atoms with Crippen LogP contribution in [0.5, 0.6) is 0 Å². The molecule has 0 saturated heterocycles. The van der Waals surface area contributed by atoms with Gasteiger partial charge in [0.25, 0.3) is 0 Å². The van der Waals surface area contributed by atoms with Crippen molar-refractivity contribution in [3.63, 3.8) is 0 Å². The summed E-state index contributed by atoms with van der Waals surface area (Å²) in [6, 6.07) is 2.76. The first-order chi connectivity index (χ1) is 12.4.